The molecule has 3 unspecified atom stereocenters. The maximum Gasteiger partial charge on any atom is 0.268 e. The summed E-state index contributed by atoms with van der Waals surface area (Å²) < 4.78 is 23.4. The van der Waals surface area contributed by atoms with Gasteiger partial charge >= 0.3 is 0 Å². The summed E-state index contributed by atoms with van der Waals surface area (Å²) in [5, 5.41) is 13.9. The summed E-state index contributed by atoms with van der Waals surface area (Å²) in [6, 6.07) is -0.907. The van der Waals surface area contributed by atoms with Gasteiger partial charge in [0.1, 0.15) is 13.2 Å². The Morgan fingerprint density at radius 2 is 0.729 bits per heavy atom. The first-order valence-electron chi connectivity index (χ1n) is 36.1. The molecule has 1 amide bonds. The molecule has 0 aliphatic heterocycles. The van der Waals surface area contributed by atoms with Crippen molar-refractivity contribution in [3.8, 4) is 0 Å². The van der Waals surface area contributed by atoms with E-state index in [1.165, 1.54) is 231 Å². The molecule has 0 aromatic heterocycles. The first-order chi connectivity index (χ1) is 41.5. The lowest BCUT2D eigenvalue weighted by Crippen LogP contribution is -2.45. The Balaban J connectivity index is 3.99. The number of aliphatic hydroxyl groups excluding tert-OH is 1. The average molecular weight is 1210 g/mol. The highest BCUT2D eigenvalue weighted by molar-refractivity contribution is 7.45. The summed E-state index contributed by atoms with van der Waals surface area (Å²) in [5.74, 6) is -0.203. The third kappa shape index (κ3) is 68.8. The van der Waals surface area contributed by atoms with Gasteiger partial charge in [-0.15, -0.1) is 0 Å². The van der Waals surface area contributed by atoms with Gasteiger partial charge in [-0.05, 0) is 83.5 Å². The third-order valence-electron chi connectivity index (χ3n) is 16.0. The van der Waals surface area contributed by atoms with Crippen molar-refractivity contribution in [3.63, 3.8) is 0 Å². The second-order valence-electron chi connectivity index (χ2n) is 25.6. The van der Waals surface area contributed by atoms with Gasteiger partial charge in [0.25, 0.3) is 7.82 Å². The monoisotopic (exact) mass is 1210 g/mol. The lowest BCUT2D eigenvalue weighted by atomic mass is 10.0. The highest BCUT2D eigenvalue weighted by Gasteiger charge is 2.23. The zero-order valence-corrected chi connectivity index (χ0v) is 57.4. The Labute approximate surface area is 528 Å². The maximum absolute atomic E-state index is 13.0. The Kier molecular flexibility index (Phi) is 63.9. The van der Waals surface area contributed by atoms with E-state index in [4.69, 9.17) is 9.05 Å². The van der Waals surface area contributed by atoms with Crippen LogP contribution in [0.2, 0.25) is 0 Å². The molecule has 0 spiro atoms. The fourth-order valence-corrected chi connectivity index (χ4v) is 11.2. The molecular weight excluding hydrogens is 1070 g/mol. The van der Waals surface area contributed by atoms with E-state index in [9.17, 15) is 19.4 Å². The number of likely N-dealkylation sites (N-methyl/N-ethyl adjacent to an activating group) is 1. The second kappa shape index (κ2) is 65.9. The maximum atomic E-state index is 13.0. The minimum atomic E-state index is -4.61. The molecule has 9 heteroatoms. The van der Waals surface area contributed by atoms with Crippen LogP contribution in [0.4, 0.5) is 0 Å². The number of unbranched alkanes of at least 4 members (excludes halogenated alkanes) is 39. The van der Waals surface area contributed by atoms with E-state index >= 15 is 0 Å². The van der Waals surface area contributed by atoms with Crippen LogP contribution in [0.3, 0.4) is 0 Å². The van der Waals surface area contributed by atoms with Gasteiger partial charge in [-0.25, -0.2) is 0 Å². The van der Waals surface area contributed by atoms with Crippen LogP contribution in [0.5, 0.6) is 0 Å². The molecule has 0 aliphatic rings. The SMILES string of the molecule is CC/C=C\C/C=C\C/C=C\C/C=C\C/C=C\C/C=C\CCCCCCCCCCCCCCCCCCCCCCCCC(=O)NC(COP(=O)([O-])OCC[N+](C)(C)C)C(O)/C=C/CC/C=C/CCCCCCCCCCCCCCCCCC. The molecule has 2 N–H and O–H groups in total. The van der Waals surface area contributed by atoms with Crippen LogP contribution in [0.1, 0.15) is 328 Å². The number of phosphoric acid groups is 1. The smallest absolute Gasteiger partial charge is 0.268 e. The fourth-order valence-electron chi connectivity index (χ4n) is 10.5. The molecule has 3 atom stereocenters. The van der Waals surface area contributed by atoms with Crippen LogP contribution in [0, 0.1) is 0 Å². The molecule has 0 aromatic carbocycles. The van der Waals surface area contributed by atoms with Crippen LogP contribution >= 0.6 is 7.82 Å². The molecule has 85 heavy (non-hydrogen) atoms. The molecule has 0 aromatic rings. The molecule has 8 nitrogen and oxygen atoms in total. The van der Waals surface area contributed by atoms with Crippen molar-refractivity contribution in [1.29, 1.82) is 0 Å². The normalized spacial score (nSPS) is 14.2. The molecule has 0 radical (unpaired) electrons. The lowest BCUT2D eigenvalue weighted by molar-refractivity contribution is -0.870. The number of phosphoric ester groups is 1. The highest BCUT2D eigenvalue weighted by Crippen LogP contribution is 2.38. The Morgan fingerprint density at radius 1 is 0.424 bits per heavy atom. The van der Waals surface area contributed by atoms with Gasteiger partial charge in [0.05, 0.1) is 39.9 Å². The van der Waals surface area contributed by atoms with Crippen LogP contribution in [0.15, 0.2) is 97.2 Å². The van der Waals surface area contributed by atoms with E-state index in [0.717, 1.165) is 77.0 Å². The number of amides is 1. The van der Waals surface area contributed by atoms with Gasteiger partial charge in [0.15, 0.2) is 0 Å². The van der Waals surface area contributed by atoms with E-state index in [-0.39, 0.29) is 12.5 Å². The van der Waals surface area contributed by atoms with Crippen molar-refractivity contribution in [2.75, 3.05) is 40.9 Å². The minimum absolute atomic E-state index is 0.00716. The summed E-state index contributed by atoms with van der Waals surface area (Å²) in [6.07, 6.45) is 95.5. The molecule has 494 valence electrons. The standard InChI is InChI=1S/C76H139N2O6P/c1-6-8-10-12-14-16-18-20-22-24-26-28-30-31-32-33-34-35-36-37-38-39-40-41-42-43-44-45-46-47-48-50-52-54-56-58-60-62-64-66-68-70-76(80)77-74(73-84-85(81,82)83-72-71-78(3,4)5)75(79)69-67-65-63-61-59-57-55-53-51-49-29-27-25-23-21-19-17-15-13-11-9-7-2/h8,10,14,16,20,22,26,28,31-32,34-35,59,61,67,69,74-75,79H,6-7,9,11-13,15,17-19,21,23-25,27,29-30,33,36-58,60,62-66,68,70-73H2,1-5H3,(H-,77,80,81,82)/b10-8-,16-14-,22-20-,28-26-,32-31-,35-34-,61-59+,69-67+. The van der Waals surface area contributed by atoms with Gasteiger partial charge in [-0.1, -0.05) is 336 Å². The van der Waals surface area contributed by atoms with Crippen molar-refractivity contribution >= 4 is 13.7 Å². The predicted octanol–water partition coefficient (Wildman–Crippen LogP) is 22.6. The lowest BCUT2D eigenvalue weighted by Gasteiger charge is -2.29. The van der Waals surface area contributed by atoms with E-state index in [0.29, 0.717) is 17.4 Å². The van der Waals surface area contributed by atoms with Crippen molar-refractivity contribution in [2.45, 2.75) is 341 Å². The van der Waals surface area contributed by atoms with Crippen LogP contribution in [0.25, 0.3) is 0 Å². The second-order valence-corrected chi connectivity index (χ2v) is 27.0. The van der Waals surface area contributed by atoms with Crippen LogP contribution in [-0.2, 0) is 18.4 Å². The molecular formula is C76H139N2O6P. The Morgan fingerprint density at radius 3 is 1.09 bits per heavy atom. The van der Waals surface area contributed by atoms with E-state index in [1.807, 2.05) is 27.2 Å². The number of carbonyl (C=O) groups is 1. The highest BCUT2D eigenvalue weighted by atomic mass is 31.2. The molecule has 0 aliphatic carbocycles. The minimum Gasteiger partial charge on any atom is -0.756 e. The number of carbonyl (C=O) groups excluding carboxylic acids is 1. The third-order valence-corrected chi connectivity index (χ3v) is 17.0. The first-order valence-corrected chi connectivity index (χ1v) is 37.6. The van der Waals surface area contributed by atoms with Gasteiger partial charge < -0.3 is 28.8 Å². The Hall–Kier alpha value is -2.58. The zero-order valence-electron chi connectivity index (χ0n) is 56.5. The van der Waals surface area contributed by atoms with Crippen molar-refractivity contribution < 1.29 is 32.9 Å². The molecule has 0 fully saturated rings. The summed E-state index contributed by atoms with van der Waals surface area (Å²) in [5.41, 5.74) is 0. The van der Waals surface area contributed by atoms with Crippen LogP contribution in [-0.4, -0.2) is 68.5 Å². The van der Waals surface area contributed by atoms with Crippen molar-refractivity contribution in [2.24, 2.45) is 0 Å². The molecule has 0 bridgehead atoms. The number of hydrogen-bond donors (Lipinski definition) is 2. The summed E-state index contributed by atoms with van der Waals surface area (Å²) in [6.45, 7) is 4.55. The predicted molar refractivity (Wildman–Crippen MR) is 371 cm³/mol. The number of nitrogens with one attached hydrogen (secondary N) is 1. The number of allylic oxidation sites excluding steroid dienone is 15. The Bertz CT molecular complexity index is 1710. The van der Waals surface area contributed by atoms with E-state index in [1.54, 1.807) is 6.08 Å². The summed E-state index contributed by atoms with van der Waals surface area (Å²) in [7, 11) is 1.25. The fraction of sp³-hybridized carbons (Fsp3) is 0.776. The van der Waals surface area contributed by atoms with Gasteiger partial charge in [0.2, 0.25) is 5.91 Å². The van der Waals surface area contributed by atoms with Gasteiger partial charge in [-0.3, -0.25) is 9.36 Å². The van der Waals surface area contributed by atoms with Crippen molar-refractivity contribution in [1.82, 2.24) is 5.32 Å². The summed E-state index contributed by atoms with van der Waals surface area (Å²) in [4.78, 5) is 25.6. The molecule has 0 heterocycles. The van der Waals surface area contributed by atoms with E-state index < -0.39 is 26.6 Å². The quantitative estimate of drug-likeness (QED) is 0.0272. The largest absolute Gasteiger partial charge is 0.756 e. The summed E-state index contributed by atoms with van der Waals surface area (Å²) >= 11 is 0. The number of hydrogen-bond acceptors (Lipinski definition) is 6. The van der Waals surface area contributed by atoms with Gasteiger partial charge in [0, 0.05) is 6.42 Å². The average Bonchev–Trinajstić information content (AvgIpc) is 3.48. The number of nitrogens with zero attached hydrogens (tertiary/aromatic N) is 1. The topological polar surface area (TPSA) is 108 Å². The first kappa shape index (κ1) is 82.4. The zero-order chi connectivity index (χ0) is 61.9. The molecule has 0 rings (SSSR count). The van der Waals surface area contributed by atoms with Crippen molar-refractivity contribution in [3.05, 3.63) is 97.2 Å². The molecule has 0 saturated heterocycles. The van der Waals surface area contributed by atoms with E-state index in [2.05, 4.69) is 104 Å². The number of quaternary nitrogens is 1. The number of rotatable bonds is 66. The number of aliphatic hydroxyl groups is 1. The van der Waals surface area contributed by atoms with Gasteiger partial charge in [-0.2, -0.15) is 0 Å². The van der Waals surface area contributed by atoms with Crippen LogP contribution < -0.4 is 10.2 Å². The molecule has 0 saturated carbocycles.